The Bertz CT molecular complexity index is 628. The van der Waals surface area contributed by atoms with Gasteiger partial charge in [-0.05, 0) is 45.3 Å². The van der Waals surface area contributed by atoms with Gasteiger partial charge in [-0.3, -0.25) is 4.79 Å². The van der Waals surface area contributed by atoms with Gasteiger partial charge in [0.25, 0.3) is 0 Å². The standard InChI is InChI=1S/C16H21BF3NO3/c1-6-13(22)21-10-7-8-12(11(9-10)16(18,19)20)17-23-14(2,3)15(4,5)24-17/h7-9H,6H2,1-5H3,(H,21,22). The minimum Gasteiger partial charge on any atom is -0.399 e. The quantitative estimate of drug-likeness (QED) is 0.857. The number of hydrogen-bond acceptors (Lipinski definition) is 3. The predicted molar refractivity (Wildman–Crippen MR) is 86.1 cm³/mol. The second kappa shape index (κ2) is 6.08. The summed E-state index contributed by atoms with van der Waals surface area (Å²) < 4.78 is 51.8. The van der Waals surface area contributed by atoms with Crippen LogP contribution in [0.25, 0.3) is 0 Å². The third-order valence-corrected chi connectivity index (χ3v) is 4.47. The summed E-state index contributed by atoms with van der Waals surface area (Å²) in [4.78, 5) is 11.4. The molecule has 0 saturated carbocycles. The molecule has 0 bridgehead atoms. The average Bonchev–Trinajstić information content (AvgIpc) is 2.66. The van der Waals surface area contributed by atoms with E-state index in [4.69, 9.17) is 9.31 Å². The van der Waals surface area contributed by atoms with Crippen molar-refractivity contribution in [2.24, 2.45) is 0 Å². The Hall–Kier alpha value is -1.54. The fraction of sp³-hybridized carbons (Fsp3) is 0.562. The normalized spacial score (nSPS) is 19.4. The van der Waals surface area contributed by atoms with E-state index in [2.05, 4.69) is 5.32 Å². The summed E-state index contributed by atoms with van der Waals surface area (Å²) in [6, 6.07) is 3.62. The van der Waals surface area contributed by atoms with Gasteiger partial charge in [-0.15, -0.1) is 0 Å². The summed E-state index contributed by atoms with van der Waals surface area (Å²) in [7, 11) is -1.12. The molecular formula is C16H21BF3NO3. The molecule has 4 nitrogen and oxygen atoms in total. The van der Waals surface area contributed by atoms with Crippen molar-refractivity contribution in [2.75, 3.05) is 5.32 Å². The molecule has 132 valence electrons. The van der Waals surface area contributed by atoms with Crippen molar-refractivity contribution in [3.63, 3.8) is 0 Å². The molecule has 1 aromatic carbocycles. The second-order valence-electron chi connectivity index (χ2n) is 6.79. The van der Waals surface area contributed by atoms with E-state index in [0.29, 0.717) is 0 Å². The van der Waals surface area contributed by atoms with Crippen molar-refractivity contribution >= 4 is 24.2 Å². The molecule has 0 radical (unpaired) electrons. The molecule has 1 aliphatic rings. The Morgan fingerprint density at radius 1 is 1.17 bits per heavy atom. The smallest absolute Gasteiger partial charge is 0.399 e. The van der Waals surface area contributed by atoms with Gasteiger partial charge in [-0.2, -0.15) is 13.2 Å². The Kier molecular flexibility index (Phi) is 4.76. The van der Waals surface area contributed by atoms with Gasteiger partial charge in [0.1, 0.15) is 0 Å². The molecule has 0 atom stereocenters. The Morgan fingerprint density at radius 3 is 2.17 bits per heavy atom. The molecule has 1 aromatic rings. The Morgan fingerprint density at radius 2 is 1.71 bits per heavy atom. The number of anilines is 1. The van der Waals surface area contributed by atoms with Crippen LogP contribution in [-0.4, -0.2) is 24.2 Å². The summed E-state index contributed by atoms with van der Waals surface area (Å²) in [5.74, 6) is -0.355. The number of carbonyl (C=O) groups excluding carboxylic acids is 1. The summed E-state index contributed by atoms with van der Waals surface area (Å²) >= 11 is 0. The number of amides is 1. The number of hydrogen-bond donors (Lipinski definition) is 1. The third-order valence-electron chi connectivity index (χ3n) is 4.47. The monoisotopic (exact) mass is 343 g/mol. The number of benzene rings is 1. The van der Waals surface area contributed by atoms with Crippen molar-refractivity contribution < 1.29 is 27.3 Å². The van der Waals surface area contributed by atoms with Gasteiger partial charge in [0, 0.05) is 12.1 Å². The lowest BCUT2D eigenvalue weighted by atomic mass is 9.75. The number of nitrogens with one attached hydrogen (secondary N) is 1. The first-order chi connectivity index (χ1) is 10.9. The van der Waals surface area contributed by atoms with E-state index >= 15 is 0 Å². The van der Waals surface area contributed by atoms with E-state index in [9.17, 15) is 18.0 Å². The minimum atomic E-state index is -4.59. The van der Waals surface area contributed by atoms with Crippen molar-refractivity contribution in [3.8, 4) is 0 Å². The third kappa shape index (κ3) is 3.59. The topological polar surface area (TPSA) is 47.6 Å². The molecule has 8 heteroatoms. The molecule has 0 unspecified atom stereocenters. The number of rotatable bonds is 3. The van der Waals surface area contributed by atoms with E-state index in [1.807, 2.05) is 0 Å². The fourth-order valence-corrected chi connectivity index (χ4v) is 2.30. The van der Waals surface area contributed by atoms with Crippen LogP contribution in [0.3, 0.4) is 0 Å². The first-order valence-electron chi connectivity index (χ1n) is 7.74. The summed E-state index contributed by atoms with van der Waals surface area (Å²) in [6.45, 7) is 8.72. The first-order valence-corrected chi connectivity index (χ1v) is 7.74. The maximum atomic E-state index is 13.5. The van der Waals surface area contributed by atoms with Crippen LogP contribution < -0.4 is 10.8 Å². The maximum Gasteiger partial charge on any atom is 0.495 e. The molecule has 0 aliphatic carbocycles. The van der Waals surface area contributed by atoms with Crippen molar-refractivity contribution in [3.05, 3.63) is 23.8 Å². The zero-order valence-electron chi connectivity index (χ0n) is 14.4. The van der Waals surface area contributed by atoms with Crippen molar-refractivity contribution in [1.29, 1.82) is 0 Å². The highest BCUT2D eigenvalue weighted by atomic mass is 19.4. The lowest BCUT2D eigenvalue weighted by Crippen LogP contribution is -2.41. The van der Waals surface area contributed by atoms with Crippen LogP contribution in [0.5, 0.6) is 0 Å². The molecule has 0 spiro atoms. The second-order valence-corrected chi connectivity index (χ2v) is 6.79. The molecule has 1 heterocycles. The molecule has 1 aliphatic heterocycles. The highest BCUT2D eigenvalue weighted by molar-refractivity contribution is 6.62. The van der Waals surface area contributed by atoms with E-state index in [1.54, 1.807) is 34.6 Å². The van der Waals surface area contributed by atoms with Gasteiger partial charge in [-0.25, -0.2) is 0 Å². The summed E-state index contributed by atoms with van der Waals surface area (Å²) in [5, 5.41) is 2.43. The molecule has 1 fully saturated rings. The maximum absolute atomic E-state index is 13.5. The van der Waals surface area contributed by atoms with Gasteiger partial charge in [0.05, 0.1) is 16.8 Å². The van der Waals surface area contributed by atoms with Crippen LogP contribution in [0.15, 0.2) is 18.2 Å². The zero-order chi connectivity index (χ0) is 18.3. The lowest BCUT2D eigenvalue weighted by Gasteiger charge is -2.32. The fourth-order valence-electron chi connectivity index (χ4n) is 2.30. The van der Waals surface area contributed by atoms with Crippen LogP contribution >= 0.6 is 0 Å². The van der Waals surface area contributed by atoms with Crippen LogP contribution in [-0.2, 0) is 20.3 Å². The average molecular weight is 343 g/mol. The predicted octanol–water partition coefficient (Wildman–Crippen LogP) is 3.35. The Labute approximate surface area is 139 Å². The largest absolute Gasteiger partial charge is 0.495 e. The van der Waals surface area contributed by atoms with E-state index in [1.165, 1.54) is 12.1 Å². The highest BCUT2D eigenvalue weighted by Crippen LogP contribution is 2.38. The van der Waals surface area contributed by atoms with Gasteiger partial charge >= 0.3 is 13.3 Å². The highest BCUT2D eigenvalue weighted by Gasteiger charge is 2.53. The number of alkyl halides is 3. The first kappa shape index (κ1) is 18.8. The lowest BCUT2D eigenvalue weighted by molar-refractivity contribution is -0.136. The summed E-state index contributed by atoms with van der Waals surface area (Å²) in [6.07, 6.45) is -4.41. The molecule has 1 saturated heterocycles. The SMILES string of the molecule is CCC(=O)Nc1ccc(B2OC(C)(C)C(C)(C)O2)c(C(F)(F)F)c1. The van der Waals surface area contributed by atoms with Crippen LogP contribution in [0.1, 0.15) is 46.6 Å². The van der Waals surface area contributed by atoms with Crippen molar-refractivity contribution in [2.45, 2.75) is 58.4 Å². The number of halogens is 3. The van der Waals surface area contributed by atoms with Gasteiger partial charge in [0.15, 0.2) is 0 Å². The molecular weight excluding hydrogens is 322 g/mol. The van der Waals surface area contributed by atoms with Crippen LogP contribution in [0.4, 0.5) is 18.9 Å². The molecule has 0 aromatic heterocycles. The van der Waals surface area contributed by atoms with Gasteiger partial charge < -0.3 is 14.6 Å². The van der Waals surface area contributed by atoms with E-state index in [-0.39, 0.29) is 23.5 Å². The van der Waals surface area contributed by atoms with E-state index in [0.717, 1.165) is 6.07 Å². The zero-order valence-corrected chi connectivity index (χ0v) is 14.4. The summed E-state index contributed by atoms with van der Waals surface area (Å²) in [5.41, 5.74) is -2.37. The van der Waals surface area contributed by atoms with Crippen LogP contribution in [0.2, 0.25) is 0 Å². The minimum absolute atomic E-state index is 0.0921. The van der Waals surface area contributed by atoms with E-state index < -0.39 is 30.1 Å². The molecule has 1 amide bonds. The molecule has 2 rings (SSSR count). The van der Waals surface area contributed by atoms with Crippen molar-refractivity contribution in [1.82, 2.24) is 0 Å². The van der Waals surface area contributed by atoms with Crippen LogP contribution in [0, 0.1) is 0 Å². The molecule has 24 heavy (non-hydrogen) atoms. The molecule has 1 N–H and O–H groups in total. The van der Waals surface area contributed by atoms with Gasteiger partial charge in [-0.1, -0.05) is 13.0 Å². The number of carbonyl (C=O) groups is 1. The Balaban J connectivity index is 2.42. The van der Waals surface area contributed by atoms with Gasteiger partial charge in [0.2, 0.25) is 5.91 Å².